The van der Waals surface area contributed by atoms with Crippen LogP contribution < -0.4 is 4.74 Å². The van der Waals surface area contributed by atoms with Gasteiger partial charge in [-0.2, -0.15) is 8.42 Å². The number of hydrogen-bond donors (Lipinski definition) is 2. The van der Waals surface area contributed by atoms with Gasteiger partial charge in [0.1, 0.15) is 10.6 Å². The Morgan fingerprint density at radius 3 is 2.42 bits per heavy atom. The number of rotatable bonds is 8. The maximum absolute atomic E-state index is 11.7. The van der Waals surface area contributed by atoms with E-state index in [9.17, 15) is 18.1 Å². The van der Waals surface area contributed by atoms with Crippen LogP contribution in [0.1, 0.15) is 38.2 Å². The molecule has 0 amide bonds. The highest BCUT2D eigenvalue weighted by Crippen LogP contribution is 2.34. The number of phenols is 1. The summed E-state index contributed by atoms with van der Waals surface area (Å²) in [5.41, 5.74) is 0.823. The van der Waals surface area contributed by atoms with Crippen molar-refractivity contribution in [1.29, 1.82) is 0 Å². The minimum absolute atomic E-state index is 0.0173. The lowest BCUT2D eigenvalue weighted by Gasteiger charge is -2.12. The topological polar surface area (TPSA) is 83.8 Å². The van der Waals surface area contributed by atoms with E-state index in [1.807, 2.05) is 0 Å². The van der Waals surface area contributed by atoms with Gasteiger partial charge in [-0.1, -0.05) is 44.4 Å². The van der Waals surface area contributed by atoms with Crippen LogP contribution in [0, 0.1) is 0 Å². The smallest absolute Gasteiger partial charge is 0.298 e. The van der Waals surface area contributed by atoms with Crippen LogP contribution in [0.2, 0.25) is 0 Å². The van der Waals surface area contributed by atoms with Crippen LogP contribution in [-0.2, 0) is 16.5 Å². The fourth-order valence-corrected chi connectivity index (χ4v) is 3.08. The molecule has 0 fully saturated rings. The van der Waals surface area contributed by atoms with Crippen LogP contribution in [0.3, 0.4) is 0 Å². The van der Waals surface area contributed by atoms with Gasteiger partial charge in [-0.3, -0.25) is 4.55 Å². The maximum Gasteiger partial charge on any atom is 0.298 e. The third kappa shape index (κ3) is 4.97. The Kier molecular flexibility index (Phi) is 6.23. The second-order valence-electron chi connectivity index (χ2n) is 5.64. The van der Waals surface area contributed by atoms with Crippen LogP contribution in [0.15, 0.2) is 47.4 Å². The quantitative estimate of drug-likeness (QED) is 0.539. The van der Waals surface area contributed by atoms with Gasteiger partial charge in [-0.15, -0.1) is 0 Å². The Labute approximate surface area is 142 Å². The van der Waals surface area contributed by atoms with Crippen molar-refractivity contribution in [3.63, 3.8) is 0 Å². The fourth-order valence-electron chi connectivity index (χ4n) is 2.41. The number of phenolic OH excluding ortho intramolecular Hbond substituents is 1. The second kappa shape index (κ2) is 8.17. The molecule has 0 unspecified atom stereocenters. The third-order valence-corrected chi connectivity index (χ3v) is 4.57. The Morgan fingerprint density at radius 1 is 1.00 bits per heavy atom. The SMILES string of the molecule is CCCCCCc1ccc(Oc2ccccc2O)c(S(=O)(=O)O)c1. The summed E-state index contributed by atoms with van der Waals surface area (Å²) in [6.45, 7) is 2.13. The van der Waals surface area contributed by atoms with Crippen LogP contribution in [0.25, 0.3) is 0 Å². The summed E-state index contributed by atoms with van der Waals surface area (Å²) in [4.78, 5) is -0.293. The van der Waals surface area contributed by atoms with Crippen molar-refractivity contribution in [2.45, 2.75) is 43.9 Å². The zero-order valence-electron chi connectivity index (χ0n) is 13.6. The molecular formula is C18H22O5S. The Bertz CT molecular complexity index is 784. The highest BCUT2D eigenvalue weighted by Gasteiger charge is 2.19. The lowest BCUT2D eigenvalue weighted by molar-refractivity contribution is 0.402. The maximum atomic E-state index is 11.7. The first-order valence-electron chi connectivity index (χ1n) is 7.98. The van der Waals surface area contributed by atoms with E-state index in [1.165, 1.54) is 24.3 Å². The van der Waals surface area contributed by atoms with Crippen molar-refractivity contribution in [2.24, 2.45) is 0 Å². The van der Waals surface area contributed by atoms with Crippen LogP contribution in [-0.4, -0.2) is 18.1 Å². The van der Waals surface area contributed by atoms with Crippen LogP contribution >= 0.6 is 0 Å². The van der Waals surface area contributed by atoms with E-state index in [2.05, 4.69) is 6.92 Å². The number of unbranched alkanes of at least 4 members (excludes halogenated alkanes) is 3. The number of para-hydroxylation sites is 2. The molecule has 2 aromatic rings. The normalized spacial score (nSPS) is 11.4. The largest absolute Gasteiger partial charge is 0.504 e. The van der Waals surface area contributed by atoms with Gasteiger partial charge in [-0.05, 0) is 42.7 Å². The van der Waals surface area contributed by atoms with Crippen molar-refractivity contribution < 1.29 is 22.8 Å². The molecule has 2 rings (SSSR count). The van der Waals surface area contributed by atoms with E-state index in [-0.39, 0.29) is 22.1 Å². The minimum atomic E-state index is -4.43. The minimum Gasteiger partial charge on any atom is -0.504 e. The summed E-state index contributed by atoms with van der Waals surface area (Å²) in [6, 6.07) is 10.9. The molecule has 0 spiro atoms. The summed E-state index contributed by atoms with van der Waals surface area (Å²) >= 11 is 0. The van der Waals surface area contributed by atoms with Gasteiger partial charge in [0.2, 0.25) is 0 Å². The molecule has 130 valence electrons. The predicted octanol–water partition coefficient (Wildman–Crippen LogP) is 4.55. The van der Waals surface area contributed by atoms with E-state index < -0.39 is 10.1 Å². The molecule has 0 atom stereocenters. The summed E-state index contributed by atoms with van der Waals surface area (Å²) in [6.07, 6.45) is 5.04. The molecule has 2 N–H and O–H groups in total. The first-order chi connectivity index (χ1) is 11.4. The van der Waals surface area contributed by atoms with E-state index in [1.54, 1.807) is 18.2 Å². The molecule has 5 nitrogen and oxygen atoms in total. The zero-order valence-corrected chi connectivity index (χ0v) is 14.4. The number of benzene rings is 2. The van der Waals surface area contributed by atoms with Crippen molar-refractivity contribution in [3.8, 4) is 17.2 Å². The molecule has 0 radical (unpaired) electrons. The van der Waals surface area contributed by atoms with E-state index >= 15 is 0 Å². The van der Waals surface area contributed by atoms with Crippen LogP contribution in [0.5, 0.6) is 17.2 Å². The Balaban J connectivity index is 2.26. The molecule has 0 saturated heterocycles. The van der Waals surface area contributed by atoms with E-state index in [0.717, 1.165) is 37.7 Å². The standard InChI is InChI=1S/C18H22O5S/c1-2-3-4-5-8-14-11-12-17(18(13-14)24(20,21)22)23-16-10-7-6-9-15(16)19/h6-7,9-13,19H,2-5,8H2,1H3,(H,20,21,22). The highest BCUT2D eigenvalue weighted by molar-refractivity contribution is 7.86. The highest BCUT2D eigenvalue weighted by atomic mass is 32.2. The zero-order chi connectivity index (χ0) is 17.6. The molecule has 0 aromatic heterocycles. The summed E-state index contributed by atoms with van der Waals surface area (Å²) in [7, 11) is -4.43. The molecule has 0 heterocycles. The second-order valence-corrected chi connectivity index (χ2v) is 7.03. The first kappa shape index (κ1) is 18.3. The van der Waals surface area contributed by atoms with Crippen molar-refractivity contribution >= 4 is 10.1 Å². The predicted molar refractivity (Wildman–Crippen MR) is 92.3 cm³/mol. The number of aromatic hydroxyl groups is 1. The van der Waals surface area contributed by atoms with Gasteiger partial charge in [0, 0.05) is 0 Å². The number of ether oxygens (including phenoxy) is 1. The van der Waals surface area contributed by atoms with Gasteiger partial charge >= 0.3 is 0 Å². The lowest BCUT2D eigenvalue weighted by atomic mass is 10.1. The van der Waals surface area contributed by atoms with Gasteiger partial charge in [-0.25, -0.2) is 0 Å². The molecule has 0 saturated carbocycles. The average Bonchev–Trinajstić information content (AvgIpc) is 2.54. The average molecular weight is 350 g/mol. The Morgan fingerprint density at radius 2 is 1.75 bits per heavy atom. The molecule has 24 heavy (non-hydrogen) atoms. The number of hydrogen-bond acceptors (Lipinski definition) is 4. The van der Waals surface area contributed by atoms with E-state index in [4.69, 9.17) is 4.74 Å². The van der Waals surface area contributed by atoms with Crippen LogP contribution in [0.4, 0.5) is 0 Å². The summed E-state index contributed by atoms with van der Waals surface area (Å²) in [5, 5.41) is 9.75. The summed E-state index contributed by atoms with van der Waals surface area (Å²) < 4.78 is 38.3. The van der Waals surface area contributed by atoms with Gasteiger partial charge < -0.3 is 9.84 Å². The number of aryl methyl sites for hydroxylation is 1. The monoisotopic (exact) mass is 350 g/mol. The Hall–Kier alpha value is -2.05. The van der Waals surface area contributed by atoms with Crippen molar-refractivity contribution in [2.75, 3.05) is 0 Å². The van der Waals surface area contributed by atoms with Gasteiger partial charge in [0.15, 0.2) is 11.5 Å². The van der Waals surface area contributed by atoms with Crippen molar-refractivity contribution in [3.05, 3.63) is 48.0 Å². The molecule has 6 heteroatoms. The first-order valence-corrected chi connectivity index (χ1v) is 9.42. The van der Waals surface area contributed by atoms with Gasteiger partial charge in [0.05, 0.1) is 0 Å². The lowest BCUT2D eigenvalue weighted by Crippen LogP contribution is -2.02. The van der Waals surface area contributed by atoms with E-state index in [0.29, 0.717) is 0 Å². The molecular weight excluding hydrogens is 328 g/mol. The van der Waals surface area contributed by atoms with Crippen molar-refractivity contribution in [1.82, 2.24) is 0 Å². The molecule has 0 bridgehead atoms. The molecule has 2 aromatic carbocycles. The third-order valence-electron chi connectivity index (χ3n) is 3.69. The van der Waals surface area contributed by atoms with Gasteiger partial charge in [0.25, 0.3) is 10.1 Å². The molecule has 0 aliphatic heterocycles. The summed E-state index contributed by atoms with van der Waals surface area (Å²) in [5.74, 6) is -0.00293. The molecule has 0 aliphatic carbocycles. The molecule has 0 aliphatic rings. The fraction of sp³-hybridized carbons (Fsp3) is 0.333.